The number of aryl methyl sites for hydroxylation is 2. The van der Waals surface area contributed by atoms with Gasteiger partial charge in [-0.05, 0) is 38.7 Å². The quantitative estimate of drug-likeness (QED) is 0.601. The molecule has 1 aromatic carbocycles. The largest absolute Gasteiger partial charge is 0.0885 e. The topological polar surface area (TPSA) is 0 Å². The van der Waals surface area contributed by atoms with Gasteiger partial charge in [-0.2, -0.15) is 0 Å². The van der Waals surface area contributed by atoms with Crippen LogP contribution in [-0.4, -0.2) is 0 Å². The molecule has 0 aliphatic carbocycles. The fourth-order valence-corrected chi connectivity index (χ4v) is 1.58. The lowest BCUT2D eigenvalue weighted by molar-refractivity contribution is 0.881. The maximum Gasteiger partial charge on any atom is -0.0241 e. The van der Waals surface area contributed by atoms with Crippen LogP contribution in [0.25, 0.3) is 0 Å². The van der Waals surface area contributed by atoms with Gasteiger partial charge in [0.15, 0.2) is 0 Å². The van der Waals surface area contributed by atoms with Gasteiger partial charge < -0.3 is 0 Å². The summed E-state index contributed by atoms with van der Waals surface area (Å²) in [5.74, 6) is 0. The van der Waals surface area contributed by atoms with Crippen molar-refractivity contribution in [3.63, 3.8) is 0 Å². The fourth-order valence-electron chi connectivity index (χ4n) is 1.58. The molecule has 0 spiro atoms. The molecule has 0 N–H and O–H groups in total. The van der Waals surface area contributed by atoms with E-state index in [0.29, 0.717) is 0 Å². The van der Waals surface area contributed by atoms with Gasteiger partial charge in [-0.1, -0.05) is 62.2 Å². The van der Waals surface area contributed by atoms with Gasteiger partial charge in [-0.25, -0.2) is 0 Å². The standard InChI is InChI=1S/C14H20.C2H6/c1-4-13(5-2)10-11-14-8-6-12(3)7-9-14;1-2/h4,6-9H,5,10-11H2,1-3H3;1-2H3/b13-4-;. The lowest BCUT2D eigenvalue weighted by atomic mass is 10.0. The van der Waals surface area contributed by atoms with E-state index in [-0.39, 0.29) is 0 Å². The van der Waals surface area contributed by atoms with E-state index in [1.807, 2.05) is 13.8 Å². The zero-order valence-corrected chi connectivity index (χ0v) is 11.5. The van der Waals surface area contributed by atoms with Crippen LogP contribution in [0.3, 0.4) is 0 Å². The molecule has 0 unspecified atom stereocenters. The van der Waals surface area contributed by atoms with Crippen molar-refractivity contribution >= 4 is 0 Å². The monoisotopic (exact) mass is 218 g/mol. The van der Waals surface area contributed by atoms with Crippen LogP contribution in [0.5, 0.6) is 0 Å². The number of hydrogen-bond acceptors (Lipinski definition) is 0. The van der Waals surface area contributed by atoms with Crippen LogP contribution < -0.4 is 0 Å². The lowest BCUT2D eigenvalue weighted by Crippen LogP contribution is -1.88. The molecule has 0 heterocycles. The molecule has 0 aromatic heterocycles. The third-order valence-corrected chi connectivity index (χ3v) is 2.72. The van der Waals surface area contributed by atoms with E-state index in [0.717, 1.165) is 0 Å². The predicted molar refractivity (Wildman–Crippen MR) is 74.9 cm³/mol. The van der Waals surface area contributed by atoms with E-state index in [4.69, 9.17) is 0 Å². The molecule has 1 rings (SSSR count). The Bertz CT molecular complexity index is 290. The molecular formula is C16H26. The van der Waals surface area contributed by atoms with E-state index in [2.05, 4.69) is 51.1 Å². The average Bonchev–Trinajstić information content (AvgIpc) is 2.35. The summed E-state index contributed by atoms with van der Waals surface area (Å²) in [5.41, 5.74) is 4.35. The van der Waals surface area contributed by atoms with E-state index in [1.54, 1.807) is 5.57 Å². The lowest BCUT2D eigenvalue weighted by Gasteiger charge is -2.04. The summed E-state index contributed by atoms with van der Waals surface area (Å²) < 4.78 is 0. The average molecular weight is 218 g/mol. The Balaban J connectivity index is 0.00000106. The maximum atomic E-state index is 2.24. The summed E-state index contributed by atoms with van der Waals surface area (Å²) in [6.07, 6.45) is 5.81. The van der Waals surface area contributed by atoms with Crippen LogP contribution in [0.4, 0.5) is 0 Å². The van der Waals surface area contributed by atoms with Gasteiger partial charge >= 0.3 is 0 Å². The summed E-state index contributed by atoms with van der Waals surface area (Å²) in [4.78, 5) is 0. The second kappa shape index (κ2) is 9.21. The fraction of sp³-hybridized carbons (Fsp3) is 0.500. The summed E-state index contributed by atoms with van der Waals surface area (Å²) in [5, 5.41) is 0. The highest BCUT2D eigenvalue weighted by atomic mass is 14.0. The molecule has 0 bridgehead atoms. The minimum Gasteiger partial charge on any atom is -0.0885 e. The summed E-state index contributed by atoms with van der Waals surface area (Å²) in [6.45, 7) is 10.5. The third-order valence-electron chi connectivity index (χ3n) is 2.72. The Labute approximate surface area is 101 Å². The van der Waals surface area contributed by atoms with Crippen molar-refractivity contribution in [3.8, 4) is 0 Å². The molecule has 0 atom stereocenters. The highest BCUT2D eigenvalue weighted by Crippen LogP contribution is 2.12. The number of allylic oxidation sites excluding steroid dienone is 2. The third kappa shape index (κ3) is 5.75. The highest BCUT2D eigenvalue weighted by Gasteiger charge is 1.95. The van der Waals surface area contributed by atoms with Gasteiger partial charge in [0.2, 0.25) is 0 Å². The molecule has 0 fully saturated rings. The van der Waals surface area contributed by atoms with Gasteiger partial charge in [0.05, 0.1) is 0 Å². The van der Waals surface area contributed by atoms with Crippen LogP contribution in [0.15, 0.2) is 35.9 Å². The zero-order valence-electron chi connectivity index (χ0n) is 11.5. The molecule has 1 aromatic rings. The molecule has 0 amide bonds. The van der Waals surface area contributed by atoms with E-state index in [1.165, 1.54) is 30.4 Å². The molecule has 0 heteroatoms. The molecule has 90 valence electrons. The van der Waals surface area contributed by atoms with Crippen molar-refractivity contribution in [3.05, 3.63) is 47.0 Å². The molecule has 0 nitrogen and oxygen atoms in total. The van der Waals surface area contributed by atoms with Gasteiger partial charge in [-0.3, -0.25) is 0 Å². The van der Waals surface area contributed by atoms with E-state index < -0.39 is 0 Å². The highest BCUT2D eigenvalue weighted by molar-refractivity contribution is 5.22. The van der Waals surface area contributed by atoms with Crippen LogP contribution in [0, 0.1) is 6.92 Å². The molecular weight excluding hydrogens is 192 g/mol. The maximum absolute atomic E-state index is 2.24. The van der Waals surface area contributed by atoms with Crippen molar-refractivity contribution in [1.82, 2.24) is 0 Å². The van der Waals surface area contributed by atoms with Gasteiger partial charge in [0.25, 0.3) is 0 Å². The van der Waals surface area contributed by atoms with Crippen molar-refractivity contribution in [1.29, 1.82) is 0 Å². The normalized spacial score (nSPS) is 10.7. The van der Waals surface area contributed by atoms with Gasteiger partial charge in [0.1, 0.15) is 0 Å². The Morgan fingerprint density at radius 2 is 1.69 bits per heavy atom. The van der Waals surface area contributed by atoms with Crippen molar-refractivity contribution < 1.29 is 0 Å². The SMILES string of the molecule is C/C=C(/CC)CCc1ccc(C)cc1.CC. The van der Waals surface area contributed by atoms with Gasteiger partial charge in [-0.15, -0.1) is 0 Å². The first-order chi connectivity index (χ1) is 7.76. The number of benzene rings is 1. The van der Waals surface area contributed by atoms with E-state index >= 15 is 0 Å². The number of hydrogen-bond donors (Lipinski definition) is 0. The Morgan fingerprint density at radius 1 is 1.12 bits per heavy atom. The number of rotatable bonds is 4. The van der Waals surface area contributed by atoms with Crippen molar-refractivity contribution in [2.24, 2.45) is 0 Å². The predicted octanol–water partition coefficient (Wildman–Crippen LogP) is 5.31. The summed E-state index contributed by atoms with van der Waals surface area (Å²) >= 11 is 0. The zero-order chi connectivity index (χ0) is 12.4. The minimum absolute atomic E-state index is 1.17. The van der Waals surface area contributed by atoms with Crippen LogP contribution in [0.1, 0.15) is 51.7 Å². The Morgan fingerprint density at radius 3 is 2.12 bits per heavy atom. The molecule has 0 aliphatic rings. The molecule has 16 heavy (non-hydrogen) atoms. The molecule has 0 saturated carbocycles. The Hall–Kier alpha value is -1.04. The van der Waals surface area contributed by atoms with Crippen LogP contribution >= 0.6 is 0 Å². The second-order valence-electron chi connectivity index (χ2n) is 3.79. The summed E-state index contributed by atoms with van der Waals surface area (Å²) in [6, 6.07) is 8.85. The van der Waals surface area contributed by atoms with Gasteiger partial charge in [0, 0.05) is 0 Å². The van der Waals surface area contributed by atoms with Crippen molar-refractivity contribution in [2.45, 2.75) is 53.9 Å². The second-order valence-corrected chi connectivity index (χ2v) is 3.79. The Kier molecular flexibility index (Phi) is 8.61. The smallest absolute Gasteiger partial charge is 0.0241 e. The molecule has 0 saturated heterocycles. The van der Waals surface area contributed by atoms with Crippen LogP contribution in [-0.2, 0) is 6.42 Å². The molecule has 0 aliphatic heterocycles. The van der Waals surface area contributed by atoms with Crippen molar-refractivity contribution in [2.75, 3.05) is 0 Å². The van der Waals surface area contributed by atoms with Crippen LogP contribution in [0.2, 0.25) is 0 Å². The first kappa shape index (κ1) is 15.0. The minimum atomic E-state index is 1.17. The van der Waals surface area contributed by atoms with E-state index in [9.17, 15) is 0 Å². The first-order valence-electron chi connectivity index (χ1n) is 6.46. The molecule has 0 radical (unpaired) electrons. The first-order valence-corrected chi connectivity index (χ1v) is 6.46. The summed E-state index contributed by atoms with van der Waals surface area (Å²) in [7, 11) is 0.